The highest BCUT2D eigenvalue weighted by atomic mass is 16.7. The maximum Gasteiger partial charge on any atom is 0.243 e. The van der Waals surface area contributed by atoms with E-state index in [4.69, 9.17) is 14.2 Å². The molecule has 4 N–H and O–H groups in total. The van der Waals surface area contributed by atoms with Gasteiger partial charge in [0.15, 0.2) is 11.5 Å². The van der Waals surface area contributed by atoms with Gasteiger partial charge < -0.3 is 40.4 Å². The molecule has 260 valence electrons. The topological polar surface area (TPSA) is 164 Å². The molecule has 0 aromatic heterocycles. The molecule has 48 heavy (non-hydrogen) atoms. The summed E-state index contributed by atoms with van der Waals surface area (Å²) >= 11 is 0. The van der Waals surface area contributed by atoms with E-state index < -0.39 is 47.8 Å². The van der Waals surface area contributed by atoms with Crippen LogP contribution in [-0.2, 0) is 36.8 Å². The van der Waals surface area contributed by atoms with Gasteiger partial charge in [-0.2, -0.15) is 0 Å². The van der Waals surface area contributed by atoms with Crippen molar-refractivity contribution >= 4 is 29.5 Å². The number of hydrogen-bond donors (Lipinski definition) is 4. The quantitative estimate of drug-likeness (QED) is 0.331. The van der Waals surface area contributed by atoms with Crippen LogP contribution in [0.25, 0.3) is 0 Å². The maximum absolute atomic E-state index is 13.8. The Morgan fingerprint density at radius 3 is 2.19 bits per heavy atom. The Balaban J connectivity index is 1.63. The summed E-state index contributed by atoms with van der Waals surface area (Å²) in [6, 6.07) is 8.79. The monoisotopic (exact) mass is 665 g/mol. The van der Waals surface area contributed by atoms with Crippen LogP contribution >= 0.6 is 0 Å². The van der Waals surface area contributed by atoms with E-state index in [1.165, 1.54) is 4.90 Å². The second kappa shape index (κ2) is 16.3. The lowest BCUT2D eigenvalue weighted by molar-refractivity contribution is -0.137. The third-order valence-electron chi connectivity index (χ3n) is 8.37. The number of benzene rings is 2. The van der Waals surface area contributed by atoms with E-state index in [1.807, 2.05) is 27.7 Å². The zero-order chi connectivity index (χ0) is 35.0. The molecule has 0 unspecified atom stereocenters. The molecule has 0 radical (unpaired) electrons. The lowest BCUT2D eigenvalue weighted by Crippen LogP contribution is -2.57. The molecule has 0 saturated carbocycles. The maximum atomic E-state index is 13.8. The minimum atomic E-state index is -1.04. The van der Waals surface area contributed by atoms with Crippen LogP contribution in [0.3, 0.4) is 0 Å². The number of fused-ring (bicyclic) bond motifs is 1. The highest BCUT2D eigenvalue weighted by molar-refractivity contribution is 5.95. The van der Waals surface area contributed by atoms with Gasteiger partial charge in [0.2, 0.25) is 36.3 Å². The van der Waals surface area contributed by atoms with E-state index in [9.17, 15) is 24.0 Å². The first kappa shape index (κ1) is 36.0. The lowest BCUT2D eigenvalue weighted by atomic mass is 10.0. The number of nitrogens with one attached hydrogen (secondary N) is 4. The molecule has 4 atom stereocenters. The number of rotatable bonds is 8. The molecular weight excluding hydrogens is 618 g/mol. The summed E-state index contributed by atoms with van der Waals surface area (Å²) in [6.07, 6.45) is 0.401. The average molecular weight is 666 g/mol. The van der Waals surface area contributed by atoms with E-state index in [1.54, 1.807) is 56.5 Å². The van der Waals surface area contributed by atoms with Crippen LogP contribution in [0, 0.1) is 11.8 Å². The number of methoxy groups -OCH3 is 1. The minimum absolute atomic E-state index is 0.0212. The van der Waals surface area contributed by atoms with Gasteiger partial charge >= 0.3 is 0 Å². The minimum Gasteiger partial charge on any atom is -0.497 e. The number of hydrogen-bond acceptors (Lipinski definition) is 8. The van der Waals surface area contributed by atoms with Crippen LogP contribution in [0.4, 0.5) is 0 Å². The zero-order valence-electron chi connectivity index (χ0n) is 28.5. The summed E-state index contributed by atoms with van der Waals surface area (Å²) in [5.74, 6) is -0.787. The highest BCUT2D eigenvalue weighted by Crippen LogP contribution is 2.32. The van der Waals surface area contributed by atoms with Gasteiger partial charge in [-0.1, -0.05) is 45.9 Å². The molecule has 1 saturated heterocycles. The van der Waals surface area contributed by atoms with Crippen molar-refractivity contribution < 1.29 is 38.2 Å². The Hall–Kier alpha value is -4.81. The van der Waals surface area contributed by atoms with Gasteiger partial charge in [-0.15, -0.1) is 0 Å². The molecular formula is C35H47N5O8. The molecule has 13 heteroatoms. The van der Waals surface area contributed by atoms with E-state index in [-0.39, 0.29) is 50.5 Å². The van der Waals surface area contributed by atoms with Crippen molar-refractivity contribution in [3.8, 4) is 17.2 Å². The average Bonchev–Trinajstić information content (AvgIpc) is 3.50. The van der Waals surface area contributed by atoms with Crippen LogP contribution < -0.4 is 35.5 Å². The molecule has 5 amide bonds. The summed E-state index contributed by atoms with van der Waals surface area (Å²) in [6.45, 7) is 8.98. The second-order valence-electron chi connectivity index (χ2n) is 13.1. The molecule has 2 heterocycles. The van der Waals surface area contributed by atoms with Gasteiger partial charge in [0.25, 0.3) is 0 Å². The van der Waals surface area contributed by atoms with Gasteiger partial charge in [-0.25, -0.2) is 0 Å². The van der Waals surface area contributed by atoms with Crippen LogP contribution in [0.2, 0.25) is 0 Å². The van der Waals surface area contributed by atoms with Crippen LogP contribution in [0.15, 0.2) is 42.5 Å². The Kier molecular flexibility index (Phi) is 12.3. The SMILES string of the molecule is COc1ccc(C[C@@H]2NC(=O)[C@H](CC(C)C)NC(=O)CN(C(=O)Cc3ccc4c(c3)OCO4)C[C@H](C(C)C)NC(=O)[C@@H](C)NC2=O)cc1. The predicted octanol–water partition coefficient (Wildman–Crippen LogP) is 1.71. The van der Waals surface area contributed by atoms with Crippen molar-refractivity contribution in [3.63, 3.8) is 0 Å². The zero-order valence-corrected chi connectivity index (χ0v) is 28.5. The number of carbonyl (C=O) groups excluding carboxylic acids is 5. The van der Waals surface area contributed by atoms with Crippen molar-refractivity contribution in [1.82, 2.24) is 26.2 Å². The molecule has 2 aromatic carbocycles. The summed E-state index contributed by atoms with van der Waals surface area (Å²) in [5.41, 5.74) is 1.43. The standard InChI is InChI=1S/C35H47N5O8/c1-20(2)13-26-35(45)38-27(14-23-7-10-25(46-6)11-8-23)34(44)36-22(5)33(43)39-28(21(3)4)17-40(18-31(41)37-26)32(42)16-24-9-12-29-30(15-24)48-19-47-29/h7-12,15,20-22,26-28H,13-14,16-19H2,1-6H3,(H,36,44)(H,37,41)(H,38,45)(H,39,43)/t22-,26+,27+,28-/m1/s1. The van der Waals surface area contributed by atoms with Crippen LogP contribution in [0.1, 0.15) is 52.2 Å². The fourth-order valence-electron chi connectivity index (χ4n) is 5.53. The van der Waals surface area contributed by atoms with Gasteiger partial charge in [0, 0.05) is 19.0 Å². The molecule has 13 nitrogen and oxygen atoms in total. The number of amides is 5. The Morgan fingerprint density at radius 2 is 1.52 bits per heavy atom. The fourth-order valence-corrected chi connectivity index (χ4v) is 5.53. The van der Waals surface area contributed by atoms with Crippen LogP contribution in [0.5, 0.6) is 17.2 Å². The summed E-state index contributed by atoms with van der Waals surface area (Å²) in [7, 11) is 1.55. The van der Waals surface area contributed by atoms with E-state index in [0.29, 0.717) is 29.2 Å². The molecule has 2 aliphatic heterocycles. The molecule has 0 spiro atoms. The summed E-state index contributed by atoms with van der Waals surface area (Å²) in [4.78, 5) is 69.4. The summed E-state index contributed by atoms with van der Waals surface area (Å²) in [5, 5.41) is 11.3. The van der Waals surface area contributed by atoms with Gasteiger partial charge in [0.05, 0.1) is 20.1 Å². The summed E-state index contributed by atoms with van der Waals surface area (Å²) < 4.78 is 16.1. The fraction of sp³-hybridized carbons (Fsp3) is 0.514. The molecule has 4 rings (SSSR count). The largest absolute Gasteiger partial charge is 0.497 e. The van der Waals surface area contributed by atoms with Gasteiger partial charge in [-0.05, 0) is 60.6 Å². The first-order valence-corrected chi connectivity index (χ1v) is 16.3. The molecule has 1 fully saturated rings. The molecule has 2 aromatic rings. The Morgan fingerprint density at radius 1 is 0.854 bits per heavy atom. The Labute approximate surface area is 281 Å². The predicted molar refractivity (Wildman–Crippen MR) is 177 cm³/mol. The first-order chi connectivity index (χ1) is 22.8. The Bertz CT molecular complexity index is 1480. The van der Waals surface area contributed by atoms with Crippen molar-refractivity contribution in [1.29, 1.82) is 0 Å². The molecule has 2 aliphatic rings. The third kappa shape index (κ3) is 9.85. The van der Waals surface area contributed by atoms with Crippen molar-refractivity contribution in [3.05, 3.63) is 53.6 Å². The number of carbonyl (C=O) groups is 5. The lowest BCUT2D eigenvalue weighted by Gasteiger charge is -2.31. The number of nitrogens with zero attached hydrogens (tertiary/aromatic N) is 1. The van der Waals surface area contributed by atoms with E-state index in [0.717, 1.165) is 5.56 Å². The van der Waals surface area contributed by atoms with E-state index >= 15 is 0 Å². The van der Waals surface area contributed by atoms with Gasteiger partial charge in [-0.3, -0.25) is 24.0 Å². The number of ether oxygens (including phenoxy) is 3. The normalized spacial score (nSPS) is 22.3. The van der Waals surface area contributed by atoms with Crippen LogP contribution in [-0.4, -0.2) is 85.6 Å². The first-order valence-electron chi connectivity index (χ1n) is 16.3. The third-order valence-corrected chi connectivity index (χ3v) is 8.37. The van der Waals surface area contributed by atoms with Gasteiger partial charge in [0.1, 0.15) is 23.9 Å². The second-order valence-corrected chi connectivity index (χ2v) is 13.1. The van der Waals surface area contributed by atoms with E-state index in [2.05, 4.69) is 21.3 Å². The van der Waals surface area contributed by atoms with Crippen molar-refractivity contribution in [2.45, 2.75) is 78.0 Å². The smallest absolute Gasteiger partial charge is 0.243 e. The van der Waals surface area contributed by atoms with Crippen molar-refractivity contribution in [2.75, 3.05) is 27.0 Å². The van der Waals surface area contributed by atoms with Crippen molar-refractivity contribution in [2.24, 2.45) is 11.8 Å². The molecule has 0 bridgehead atoms. The highest BCUT2D eigenvalue weighted by Gasteiger charge is 2.32. The molecule has 0 aliphatic carbocycles.